The van der Waals surface area contributed by atoms with Crippen molar-refractivity contribution in [2.75, 3.05) is 31.1 Å². The molecule has 3 aromatic rings. The van der Waals surface area contributed by atoms with E-state index in [-0.39, 0.29) is 30.0 Å². The largest absolute Gasteiger partial charge is 0.755 e. The average Bonchev–Trinajstić information content (AvgIpc) is 2.91. The molecular formula is C27H31N2O7S-. The SMILES string of the molecule is CCOC(=O)c1ccc(-c2ccc(OCC(C)NCC(O)c3ccc(O)c(N(C)S(=O)[O-])c3)cc2)cc1. The van der Waals surface area contributed by atoms with E-state index in [0.717, 1.165) is 15.4 Å². The predicted molar refractivity (Wildman–Crippen MR) is 141 cm³/mol. The van der Waals surface area contributed by atoms with Crippen molar-refractivity contribution in [2.45, 2.75) is 26.0 Å². The molecule has 3 N–H and O–H groups in total. The molecule has 0 bridgehead atoms. The van der Waals surface area contributed by atoms with E-state index in [0.29, 0.717) is 30.1 Å². The molecule has 0 aliphatic heterocycles. The van der Waals surface area contributed by atoms with Crippen LogP contribution in [-0.2, 0) is 16.0 Å². The number of esters is 1. The highest BCUT2D eigenvalue weighted by atomic mass is 32.2. The van der Waals surface area contributed by atoms with E-state index in [1.807, 2.05) is 43.3 Å². The molecule has 3 aromatic carbocycles. The van der Waals surface area contributed by atoms with E-state index in [2.05, 4.69) is 5.32 Å². The first-order chi connectivity index (χ1) is 17.7. The van der Waals surface area contributed by atoms with Crippen molar-refractivity contribution >= 4 is 22.9 Å². The number of benzene rings is 3. The molecule has 10 heteroatoms. The third-order valence-electron chi connectivity index (χ3n) is 5.69. The first-order valence-corrected chi connectivity index (χ1v) is 12.8. The number of phenols is 1. The minimum absolute atomic E-state index is 0.0830. The number of phenolic OH excluding ortho intramolecular Hbond substituents is 1. The Morgan fingerprint density at radius 2 is 1.70 bits per heavy atom. The smallest absolute Gasteiger partial charge is 0.338 e. The van der Waals surface area contributed by atoms with Gasteiger partial charge in [-0.3, -0.25) is 4.21 Å². The number of nitrogens with one attached hydrogen (secondary N) is 1. The molecule has 0 fully saturated rings. The molecule has 9 nitrogen and oxygen atoms in total. The van der Waals surface area contributed by atoms with Crippen molar-refractivity contribution in [3.05, 3.63) is 77.9 Å². The summed E-state index contributed by atoms with van der Waals surface area (Å²) in [4.78, 5) is 11.8. The number of rotatable bonds is 12. The van der Waals surface area contributed by atoms with Crippen LogP contribution >= 0.6 is 0 Å². The van der Waals surface area contributed by atoms with Gasteiger partial charge in [0.25, 0.3) is 0 Å². The number of aromatic hydroxyl groups is 1. The van der Waals surface area contributed by atoms with Crippen LogP contribution in [0.25, 0.3) is 11.1 Å². The Morgan fingerprint density at radius 1 is 1.08 bits per heavy atom. The lowest BCUT2D eigenvalue weighted by atomic mass is 10.0. The summed E-state index contributed by atoms with van der Waals surface area (Å²) in [6.45, 7) is 4.59. The van der Waals surface area contributed by atoms with Crippen LogP contribution in [0.15, 0.2) is 66.7 Å². The Morgan fingerprint density at radius 3 is 2.30 bits per heavy atom. The molecular weight excluding hydrogens is 496 g/mol. The van der Waals surface area contributed by atoms with Crippen molar-refractivity contribution in [3.8, 4) is 22.6 Å². The van der Waals surface area contributed by atoms with E-state index in [4.69, 9.17) is 9.47 Å². The summed E-state index contributed by atoms with van der Waals surface area (Å²) >= 11 is -2.55. The van der Waals surface area contributed by atoms with E-state index < -0.39 is 17.4 Å². The third-order valence-corrected chi connectivity index (χ3v) is 6.33. The number of anilines is 1. The van der Waals surface area contributed by atoms with Gasteiger partial charge < -0.3 is 33.9 Å². The van der Waals surface area contributed by atoms with Gasteiger partial charge in [0, 0.05) is 30.9 Å². The van der Waals surface area contributed by atoms with E-state index >= 15 is 0 Å². The monoisotopic (exact) mass is 527 g/mol. The number of hydrogen-bond donors (Lipinski definition) is 3. The van der Waals surface area contributed by atoms with Crippen molar-refractivity contribution in [2.24, 2.45) is 0 Å². The maximum absolute atomic E-state index is 11.8. The number of nitrogens with zero attached hydrogens (tertiary/aromatic N) is 1. The molecule has 3 unspecified atom stereocenters. The minimum Gasteiger partial charge on any atom is -0.755 e. The van der Waals surface area contributed by atoms with Gasteiger partial charge in [0.05, 0.1) is 24.0 Å². The third kappa shape index (κ3) is 7.77. The number of aliphatic hydroxyl groups excluding tert-OH is 1. The van der Waals surface area contributed by atoms with E-state index in [1.54, 1.807) is 25.1 Å². The van der Waals surface area contributed by atoms with Crippen LogP contribution in [0.3, 0.4) is 0 Å². The van der Waals surface area contributed by atoms with Gasteiger partial charge in [-0.1, -0.05) is 30.3 Å². The molecule has 0 aliphatic rings. The molecule has 0 aromatic heterocycles. The summed E-state index contributed by atoms with van der Waals surface area (Å²) in [5.41, 5.74) is 3.01. The molecule has 0 spiro atoms. The summed E-state index contributed by atoms with van der Waals surface area (Å²) < 4.78 is 34.1. The number of carbonyl (C=O) groups excluding carboxylic acids is 1. The van der Waals surface area contributed by atoms with Gasteiger partial charge in [-0.05, 0) is 66.9 Å². The molecule has 0 radical (unpaired) electrons. The Kier molecular flexibility index (Phi) is 10.0. The highest BCUT2D eigenvalue weighted by Gasteiger charge is 2.15. The molecule has 0 saturated heterocycles. The normalized spacial score (nSPS) is 13.4. The molecule has 198 valence electrons. The van der Waals surface area contributed by atoms with Crippen molar-refractivity contribution in [1.29, 1.82) is 0 Å². The Labute approximate surface area is 219 Å². The van der Waals surface area contributed by atoms with Crippen molar-refractivity contribution < 1.29 is 33.2 Å². The number of carbonyl (C=O) groups is 1. The van der Waals surface area contributed by atoms with Crippen molar-refractivity contribution in [3.63, 3.8) is 0 Å². The number of ether oxygens (including phenoxy) is 2. The van der Waals surface area contributed by atoms with Crippen LogP contribution in [0, 0.1) is 0 Å². The van der Waals surface area contributed by atoms with Crippen LogP contribution < -0.4 is 14.4 Å². The molecule has 0 amide bonds. The second-order valence-electron chi connectivity index (χ2n) is 8.42. The number of hydrogen-bond acceptors (Lipinski definition) is 8. The molecule has 37 heavy (non-hydrogen) atoms. The van der Waals surface area contributed by atoms with Gasteiger partial charge in [-0.25, -0.2) is 4.79 Å². The summed E-state index contributed by atoms with van der Waals surface area (Å²) in [5, 5.41) is 23.6. The zero-order valence-corrected chi connectivity index (χ0v) is 21.7. The lowest BCUT2D eigenvalue weighted by molar-refractivity contribution is 0.0526. The fourth-order valence-electron chi connectivity index (χ4n) is 3.55. The van der Waals surface area contributed by atoms with Crippen LogP contribution in [-0.4, -0.2) is 57.8 Å². The lowest BCUT2D eigenvalue weighted by Gasteiger charge is -2.24. The summed E-state index contributed by atoms with van der Waals surface area (Å²) in [6, 6.07) is 19.1. The van der Waals surface area contributed by atoms with Crippen LogP contribution in [0.2, 0.25) is 0 Å². The Bertz CT molecular complexity index is 1200. The van der Waals surface area contributed by atoms with Gasteiger partial charge in [0.15, 0.2) is 0 Å². The Balaban J connectivity index is 1.50. The maximum atomic E-state index is 11.8. The first kappa shape index (κ1) is 28.1. The second kappa shape index (κ2) is 13.2. The van der Waals surface area contributed by atoms with E-state index in [1.165, 1.54) is 19.2 Å². The van der Waals surface area contributed by atoms with Crippen LogP contribution in [0.1, 0.15) is 35.9 Å². The van der Waals surface area contributed by atoms with Crippen molar-refractivity contribution in [1.82, 2.24) is 5.32 Å². The molecule has 3 rings (SSSR count). The van der Waals surface area contributed by atoms with Gasteiger partial charge in [0.1, 0.15) is 18.1 Å². The quantitative estimate of drug-likeness (QED) is 0.241. The lowest BCUT2D eigenvalue weighted by Crippen LogP contribution is -2.35. The summed E-state index contributed by atoms with van der Waals surface area (Å²) in [7, 11) is 1.31. The zero-order chi connectivity index (χ0) is 26.9. The van der Waals surface area contributed by atoms with Gasteiger partial charge in [-0.2, -0.15) is 0 Å². The minimum atomic E-state index is -2.55. The zero-order valence-electron chi connectivity index (χ0n) is 20.9. The molecule has 3 atom stereocenters. The maximum Gasteiger partial charge on any atom is 0.338 e. The topological polar surface area (TPSA) is 131 Å². The van der Waals surface area contributed by atoms with Gasteiger partial charge in [0.2, 0.25) is 0 Å². The molecule has 0 aliphatic carbocycles. The molecule has 0 heterocycles. The number of aliphatic hydroxyl groups is 1. The summed E-state index contributed by atoms with van der Waals surface area (Å²) in [6.07, 6.45) is -0.912. The first-order valence-electron chi connectivity index (χ1n) is 11.8. The second-order valence-corrected chi connectivity index (χ2v) is 9.40. The standard InChI is InChI=1S/C27H32N2O7S/c1-4-35-27(32)21-7-5-19(6-8-21)20-9-12-23(13-10-20)36-17-18(2)28-16-26(31)22-11-14-25(30)24(15-22)29(3)37(33)34/h5-15,18,26,28,30-31H,4,16-17H2,1-3H3,(H,33,34)/p-1. The molecule has 0 saturated carbocycles. The highest BCUT2D eigenvalue weighted by molar-refractivity contribution is 7.80. The fourth-order valence-corrected chi connectivity index (χ4v) is 3.85. The van der Waals surface area contributed by atoms with Gasteiger partial charge in [-0.15, -0.1) is 0 Å². The average molecular weight is 528 g/mol. The highest BCUT2D eigenvalue weighted by Crippen LogP contribution is 2.30. The van der Waals surface area contributed by atoms with Crippen LogP contribution in [0.4, 0.5) is 5.69 Å². The Hall–Kier alpha value is -3.44. The fraction of sp³-hybridized carbons (Fsp3) is 0.296. The van der Waals surface area contributed by atoms with Gasteiger partial charge >= 0.3 is 5.97 Å². The van der Waals surface area contributed by atoms with Crippen LogP contribution in [0.5, 0.6) is 11.5 Å². The summed E-state index contributed by atoms with van der Waals surface area (Å²) in [5.74, 6) is 0.153. The van der Waals surface area contributed by atoms with E-state index in [9.17, 15) is 23.8 Å². The predicted octanol–water partition coefficient (Wildman–Crippen LogP) is 3.56.